The van der Waals surface area contributed by atoms with Gasteiger partial charge in [-0.3, -0.25) is 4.79 Å². The van der Waals surface area contributed by atoms with Crippen molar-refractivity contribution in [2.24, 2.45) is 0 Å². The number of carbonyl (C=O) groups excluding carboxylic acids is 1. The van der Waals surface area contributed by atoms with Crippen molar-refractivity contribution in [3.05, 3.63) is 18.3 Å². The number of hydrogen-bond acceptors (Lipinski definition) is 4. The molecule has 2 N–H and O–H groups in total. The highest BCUT2D eigenvalue weighted by atomic mass is 16.5. The van der Waals surface area contributed by atoms with Crippen molar-refractivity contribution in [2.45, 2.75) is 12.5 Å². The second-order valence-electron chi connectivity index (χ2n) is 2.96. The van der Waals surface area contributed by atoms with Gasteiger partial charge in [0.1, 0.15) is 0 Å². The van der Waals surface area contributed by atoms with Crippen LogP contribution < -0.4 is 10.1 Å². The smallest absolute Gasteiger partial charge is 0.266 e. The van der Waals surface area contributed by atoms with Gasteiger partial charge in [0.25, 0.3) is 5.91 Å². The number of nitrogens with zero attached hydrogens (tertiary/aromatic N) is 1. The number of fused-ring (bicyclic) bond motifs is 1. The Labute approximate surface area is 80.7 Å². The van der Waals surface area contributed by atoms with E-state index in [1.54, 1.807) is 18.3 Å². The van der Waals surface area contributed by atoms with E-state index in [-0.39, 0.29) is 12.5 Å². The van der Waals surface area contributed by atoms with Crippen LogP contribution in [0.2, 0.25) is 0 Å². The van der Waals surface area contributed by atoms with E-state index in [2.05, 4.69) is 10.3 Å². The highest BCUT2D eigenvalue weighted by Crippen LogP contribution is 2.26. The third-order valence-electron chi connectivity index (χ3n) is 1.97. The summed E-state index contributed by atoms with van der Waals surface area (Å²) in [6.07, 6.45) is 1.26. The summed E-state index contributed by atoms with van der Waals surface area (Å²) in [7, 11) is 0. The average Bonchev–Trinajstić information content (AvgIpc) is 2.19. The molecule has 5 nitrogen and oxygen atoms in total. The van der Waals surface area contributed by atoms with Crippen LogP contribution in [0, 0.1) is 0 Å². The average molecular weight is 194 g/mol. The summed E-state index contributed by atoms with van der Waals surface area (Å²) in [5.74, 6) is 0.725. The van der Waals surface area contributed by atoms with E-state index in [0.29, 0.717) is 18.0 Å². The van der Waals surface area contributed by atoms with Crippen LogP contribution in [-0.4, -0.2) is 28.7 Å². The fourth-order valence-electron chi connectivity index (χ4n) is 1.29. The molecule has 2 heterocycles. The van der Waals surface area contributed by atoms with E-state index < -0.39 is 6.10 Å². The molecule has 0 saturated heterocycles. The summed E-state index contributed by atoms with van der Waals surface area (Å²) in [6, 6.07) is 3.46. The van der Waals surface area contributed by atoms with Gasteiger partial charge >= 0.3 is 0 Å². The van der Waals surface area contributed by atoms with E-state index in [4.69, 9.17) is 9.84 Å². The van der Waals surface area contributed by atoms with Crippen molar-refractivity contribution < 1.29 is 14.6 Å². The Hall–Kier alpha value is -1.62. The first-order valence-corrected chi connectivity index (χ1v) is 4.34. The van der Waals surface area contributed by atoms with Gasteiger partial charge < -0.3 is 15.2 Å². The number of ether oxygens (including phenoxy) is 1. The molecule has 0 spiro atoms. The number of aliphatic hydroxyl groups excluding tert-OH is 1. The molecule has 0 aliphatic carbocycles. The monoisotopic (exact) mass is 194 g/mol. The normalized spacial score (nSPS) is 19.5. The van der Waals surface area contributed by atoms with Crippen LogP contribution in [0.1, 0.15) is 6.42 Å². The summed E-state index contributed by atoms with van der Waals surface area (Å²) in [4.78, 5) is 15.3. The zero-order valence-corrected chi connectivity index (χ0v) is 7.43. The number of aromatic nitrogens is 1. The molecule has 0 radical (unpaired) electrons. The maximum atomic E-state index is 11.4. The molecule has 14 heavy (non-hydrogen) atoms. The number of amides is 1. The third-order valence-corrected chi connectivity index (χ3v) is 1.97. The van der Waals surface area contributed by atoms with Gasteiger partial charge in [0.2, 0.25) is 0 Å². The van der Waals surface area contributed by atoms with Gasteiger partial charge in [0.05, 0.1) is 0 Å². The molecule has 0 unspecified atom stereocenters. The van der Waals surface area contributed by atoms with Crippen molar-refractivity contribution in [1.29, 1.82) is 0 Å². The first kappa shape index (κ1) is 8.96. The number of pyridine rings is 1. The lowest BCUT2D eigenvalue weighted by molar-refractivity contribution is -0.124. The molecular formula is C9H10N2O3. The molecule has 1 aliphatic heterocycles. The summed E-state index contributed by atoms with van der Waals surface area (Å²) in [5.41, 5.74) is 0. The van der Waals surface area contributed by atoms with E-state index in [1.165, 1.54) is 0 Å². The Kier molecular flexibility index (Phi) is 2.32. The van der Waals surface area contributed by atoms with Crippen molar-refractivity contribution >= 4 is 11.7 Å². The van der Waals surface area contributed by atoms with E-state index in [1.807, 2.05) is 0 Å². The number of carbonyl (C=O) groups is 1. The molecule has 0 aromatic carbocycles. The highest BCUT2D eigenvalue weighted by molar-refractivity contribution is 5.96. The van der Waals surface area contributed by atoms with E-state index >= 15 is 0 Å². The topological polar surface area (TPSA) is 71.5 Å². The van der Waals surface area contributed by atoms with Gasteiger partial charge in [-0.25, -0.2) is 4.98 Å². The standard InChI is InChI=1S/C9H10N2O3/c12-5-3-7-9(13)11-8-6(14-7)2-1-4-10-8/h1-2,4,7,12H,3,5H2,(H,10,11,13)/t7-/m1/s1. The lowest BCUT2D eigenvalue weighted by atomic mass is 10.2. The molecular weight excluding hydrogens is 184 g/mol. The number of aliphatic hydroxyl groups is 1. The number of nitrogens with one attached hydrogen (secondary N) is 1. The zero-order chi connectivity index (χ0) is 9.97. The van der Waals surface area contributed by atoms with E-state index in [9.17, 15) is 4.79 Å². The number of hydrogen-bond donors (Lipinski definition) is 2. The van der Waals surface area contributed by atoms with Gasteiger partial charge in [-0.1, -0.05) is 0 Å². The van der Waals surface area contributed by atoms with Gasteiger partial charge in [-0.15, -0.1) is 0 Å². The lowest BCUT2D eigenvalue weighted by Gasteiger charge is -2.24. The van der Waals surface area contributed by atoms with Crippen LogP contribution in [-0.2, 0) is 4.79 Å². The van der Waals surface area contributed by atoms with Crippen molar-refractivity contribution in [2.75, 3.05) is 11.9 Å². The van der Waals surface area contributed by atoms with Crippen molar-refractivity contribution in [3.8, 4) is 5.75 Å². The largest absolute Gasteiger partial charge is 0.477 e. The molecule has 1 aromatic rings. The van der Waals surface area contributed by atoms with Crippen LogP contribution in [0.3, 0.4) is 0 Å². The Morgan fingerprint density at radius 1 is 1.64 bits per heavy atom. The zero-order valence-electron chi connectivity index (χ0n) is 7.43. The predicted molar refractivity (Wildman–Crippen MR) is 49.0 cm³/mol. The van der Waals surface area contributed by atoms with Crippen molar-refractivity contribution in [3.63, 3.8) is 0 Å². The van der Waals surface area contributed by atoms with Crippen molar-refractivity contribution in [1.82, 2.24) is 4.98 Å². The molecule has 2 rings (SSSR count). The van der Waals surface area contributed by atoms with Gasteiger partial charge in [0, 0.05) is 19.2 Å². The van der Waals surface area contributed by atoms with Gasteiger partial charge in [0.15, 0.2) is 17.7 Å². The summed E-state index contributed by atoms with van der Waals surface area (Å²) >= 11 is 0. The molecule has 74 valence electrons. The molecule has 1 aromatic heterocycles. The minimum atomic E-state index is -0.614. The fourth-order valence-corrected chi connectivity index (χ4v) is 1.29. The molecule has 0 fully saturated rings. The minimum absolute atomic E-state index is 0.0757. The predicted octanol–water partition coefficient (Wildman–Crippen LogP) is 0.164. The van der Waals surface area contributed by atoms with Crippen LogP contribution in [0.25, 0.3) is 0 Å². The lowest BCUT2D eigenvalue weighted by Crippen LogP contribution is -2.37. The van der Waals surface area contributed by atoms with Gasteiger partial charge in [-0.05, 0) is 12.1 Å². The third kappa shape index (κ3) is 1.54. The maximum absolute atomic E-state index is 11.4. The number of rotatable bonds is 2. The quantitative estimate of drug-likeness (QED) is 0.703. The maximum Gasteiger partial charge on any atom is 0.266 e. The summed E-state index contributed by atoms with van der Waals surface area (Å²) < 4.78 is 5.35. The van der Waals surface area contributed by atoms with Crippen LogP contribution >= 0.6 is 0 Å². The first-order valence-electron chi connectivity index (χ1n) is 4.34. The second kappa shape index (κ2) is 3.63. The minimum Gasteiger partial charge on any atom is -0.477 e. The highest BCUT2D eigenvalue weighted by Gasteiger charge is 2.27. The molecule has 1 amide bonds. The van der Waals surface area contributed by atoms with Gasteiger partial charge in [-0.2, -0.15) is 0 Å². The Morgan fingerprint density at radius 2 is 2.50 bits per heavy atom. The summed E-state index contributed by atoms with van der Waals surface area (Å²) in [5, 5.41) is 11.3. The van der Waals surface area contributed by atoms with Crippen LogP contribution in [0.15, 0.2) is 18.3 Å². The molecule has 0 saturated carbocycles. The number of anilines is 1. The van der Waals surface area contributed by atoms with Crippen LogP contribution in [0.4, 0.5) is 5.82 Å². The van der Waals surface area contributed by atoms with Crippen LogP contribution in [0.5, 0.6) is 5.75 Å². The Morgan fingerprint density at radius 3 is 3.29 bits per heavy atom. The Bertz CT molecular complexity index is 354. The molecule has 1 aliphatic rings. The fraction of sp³-hybridized carbons (Fsp3) is 0.333. The molecule has 5 heteroatoms. The summed E-state index contributed by atoms with van der Waals surface area (Å²) in [6.45, 7) is -0.0757. The van der Waals surface area contributed by atoms with E-state index in [0.717, 1.165) is 0 Å². The SMILES string of the molecule is O=C1Nc2ncccc2O[C@@H]1CCO. The molecule has 1 atom stereocenters. The molecule has 0 bridgehead atoms. The second-order valence-corrected chi connectivity index (χ2v) is 2.96. The first-order chi connectivity index (χ1) is 6.81. The Balaban J connectivity index is 2.22.